The number of sulfonamides is 1. The lowest BCUT2D eigenvalue weighted by Crippen LogP contribution is -2.30. The smallest absolute Gasteiger partial charge is 0.243 e. The van der Waals surface area contributed by atoms with Gasteiger partial charge in [0.1, 0.15) is 10.0 Å². The van der Waals surface area contributed by atoms with Gasteiger partial charge in [0, 0.05) is 19.3 Å². The molecule has 0 bridgehead atoms. The third-order valence-corrected chi connectivity index (χ3v) is 5.48. The van der Waals surface area contributed by atoms with Crippen LogP contribution in [-0.2, 0) is 10.0 Å². The van der Waals surface area contributed by atoms with Crippen LogP contribution in [-0.4, -0.2) is 24.8 Å². The largest absolute Gasteiger partial charge is 0.244 e. The molecule has 1 aromatic carbocycles. The fraction of sp³-hybridized carbons (Fsp3) is 0.214. The highest BCUT2D eigenvalue weighted by Gasteiger charge is 2.27. The van der Waals surface area contributed by atoms with Gasteiger partial charge in [-0.15, -0.1) is 0 Å². The second kappa shape index (κ2) is 6.28. The Bertz CT molecular complexity index is 782. The standard InChI is InChI=1S/C14H13ClF2N2O2S/c1-9(10-3-5-12(16)13(17)7-10)19(2)22(20,21)11-4-6-14(15)18-8-11/h3-9H,1-2H3. The molecule has 1 heterocycles. The first-order chi connectivity index (χ1) is 10.2. The summed E-state index contributed by atoms with van der Waals surface area (Å²) in [5.41, 5.74) is 0.340. The van der Waals surface area contributed by atoms with Crippen LogP contribution in [0, 0.1) is 11.6 Å². The molecule has 1 atom stereocenters. The van der Waals surface area contributed by atoms with E-state index in [-0.39, 0.29) is 10.0 Å². The van der Waals surface area contributed by atoms with Gasteiger partial charge in [-0.2, -0.15) is 4.31 Å². The van der Waals surface area contributed by atoms with Crippen LogP contribution in [0.25, 0.3) is 0 Å². The molecule has 0 N–H and O–H groups in total. The Morgan fingerprint density at radius 3 is 2.41 bits per heavy atom. The Balaban J connectivity index is 2.34. The van der Waals surface area contributed by atoms with E-state index in [1.807, 2.05) is 0 Å². The summed E-state index contributed by atoms with van der Waals surface area (Å²) in [6.07, 6.45) is 1.14. The van der Waals surface area contributed by atoms with Crippen LogP contribution in [0.15, 0.2) is 41.4 Å². The summed E-state index contributed by atoms with van der Waals surface area (Å²) in [7, 11) is -2.47. The number of benzene rings is 1. The van der Waals surface area contributed by atoms with Crippen molar-refractivity contribution in [3.05, 3.63) is 58.9 Å². The first kappa shape index (κ1) is 16.8. The van der Waals surface area contributed by atoms with Crippen LogP contribution in [0.5, 0.6) is 0 Å². The van der Waals surface area contributed by atoms with E-state index in [2.05, 4.69) is 4.98 Å². The van der Waals surface area contributed by atoms with Crippen molar-refractivity contribution in [1.29, 1.82) is 0 Å². The monoisotopic (exact) mass is 346 g/mol. The van der Waals surface area contributed by atoms with E-state index in [4.69, 9.17) is 11.6 Å². The lowest BCUT2D eigenvalue weighted by atomic mass is 10.1. The molecule has 0 radical (unpaired) electrons. The summed E-state index contributed by atoms with van der Waals surface area (Å²) >= 11 is 5.64. The summed E-state index contributed by atoms with van der Waals surface area (Å²) in [5, 5.41) is 0.176. The van der Waals surface area contributed by atoms with Crippen molar-refractivity contribution in [2.24, 2.45) is 0 Å². The lowest BCUT2D eigenvalue weighted by Gasteiger charge is -2.24. The summed E-state index contributed by atoms with van der Waals surface area (Å²) in [5.74, 6) is -2.01. The quantitative estimate of drug-likeness (QED) is 0.797. The van der Waals surface area contributed by atoms with Gasteiger partial charge in [-0.25, -0.2) is 22.2 Å². The molecular weight excluding hydrogens is 334 g/mol. The lowest BCUT2D eigenvalue weighted by molar-refractivity contribution is 0.395. The molecule has 0 fully saturated rings. The van der Waals surface area contributed by atoms with E-state index in [1.165, 1.54) is 25.2 Å². The zero-order valence-corrected chi connectivity index (χ0v) is 13.4. The number of aromatic nitrogens is 1. The Morgan fingerprint density at radius 2 is 1.86 bits per heavy atom. The van der Waals surface area contributed by atoms with Crippen molar-refractivity contribution in [3.8, 4) is 0 Å². The van der Waals surface area contributed by atoms with Gasteiger partial charge in [-0.1, -0.05) is 17.7 Å². The van der Waals surface area contributed by atoms with Gasteiger partial charge < -0.3 is 0 Å². The molecule has 0 aliphatic rings. The van der Waals surface area contributed by atoms with E-state index >= 15 is 0 Å². The summed E-state index contributed by atoms with van der Waals surface area (Å²) in [6, 6.07) is 5.30. The fourth-order valence-electron chi connectivity index (χ4n) is 1.87. The van der Waals surface area contributed by atoms with Gasteiger partial charge in [0.25, 0.3) is 0 Å². The molecule has 1 aromatic heterocycles. The molecule has 22 heavy (non-hydrogen) atoms. The topological polar surface area (TPSA) is 50.3 Å². The highest BCUT2D eigenvalue weighted by Crippen LogP contribution is 2.26. The summed E-state index contributed by atoms with van der Waals surface area (Å²) < 4.78 is 52.3. The molecule has 118 valence electrons. The van der Waals surface area contributed by atoms with Gasteiger partial charge in [0.05, 0.1) is 0 Å². The first-order valence-corrected chi connectivity index (χ1v) is 8.10. The van der Waals surface area contributed by atoms with Crippen LogP contribution in [0.1, 0.15) is 18.5 Å². The predicted octanol–water partition coefficient (Wildman–Crippen LogP) is 3.39. The van der Waals surface area contributed by atoms with Crippen LogP contribution < -0.4 is 0 Å². The number of pyridine rings is 1. The molecule has 4 nitrogen and oxygen atoms in total. The summed E-state index contributed by atoms with van der Waals surface area (Å²) in [4.78, 5) is 3.70. The van der Waals surface area contributed by atoms with Crippen molar-refractivity contribution in [1.82, 2.24) is 9.29 Å². The van der Waals surface area contributed by atoms with E-state index in [1.54, 1.807) is 6.92 Å². The fourth-order valence-corrected chi connectivity index (χ4v) is 3.28. The average Bonchev–Trinajstić information content (AvgIpc) is 2.49. The Morgan fingerprint density at radius 1 is 1.18 bits per heavy atom. The van der Waals surface area contributed by atoms with E-state index in [0.29, 0.717) is 5.56 Å². The predicted molar refractivity (Wildman–Crippen MR) is 79.0 cm³/mol. The van der Waals surface area contributed by atoms with Crippen LogP contribution >= 0.6 is 11.6 Å². The molecule has 2 aromatic rings. The number of hydrogen-bond acceptors (Lipinski definition) is 3. The highest BCUT2D eigenvalue weighted by atomic mass is 35.5. The highest BCUT2D eigenvalue weighted by molar-refractivity contribution is 7.89. The molecule has 0 aliphatic heterocycles. The minimum absolute atomic E-state index is 0.0335. The minimum atomic E-state index is -3.83. The molecular formula is C14H13ClF2N2O2S. The SMILES string of the molecule is CC(c1ccc(F)c(F)c1)N(C)S(=O)(=O)c1ccc(Cl)nc1. The first-order valence-electron chi connectivity index (χ1n) is 6.28. The molecule has 0 amide bonds. The second-order valence-electron chi connectivity index (χ2n) is 4.69. The van der Waals surface area contributed by atoms with Gasteiger partial charge in [0.2, 0.25) is 10.0 Å². The van der Waals surface area contributed by atoms with Crippen LogP contribution in [0.4, 0.5) is 8.78 Å². The zero-order chi connectivity index (χ0) is 16.5. The van der Waals surface area contributed by atoms with Crippen molar-refractivity contribution >= 4 is 21.6 Å². The van der Waals surface area contributed by atoms with Crippen molar-refractivity contribution in [3.63, 3.8) is 0 Å². The molecule has 8 heteroatoms. The maximum absolute atomic E-state index is 13.3. The van der Waals surface area contributed by atoms with Gasteiger partial charge in [0.15, 0.2) is 11.6 Å². The third-order valence-electron chi connectivity index (χ3n) is 3.35. The van der Waals surface area contributed by atoms with E-state index < -0.39 is 27.7 Å². The van der Waals surface area contributed by atoms with Crippen molar-refractivity contribution < 1.29 is 17.2 Å². The third kappa shape index (κ3) is 3.26. The molecule has 0 saturated carbocycles. The molecule has 0 saturated heterocycles. The van der Waals surface area contributed by atoms with Crippen molar-refractivity contribution in [2.45, 2.75) is 17.9 Å². The van der Waals surface area contributed by atoms with E-state index in [9.17, 15) is 17.2 Å². The normalized spacial score (nSPS) is 13.4. The van der Waals surface area contributed by atoms with Gasteiger partial charge >= 0.3 is 0 Å². The van der Waals surface area contributed by atoms with Crippen LogP contribution in [0.2, 0.25) is 5.15 Å². The van der Waals surface area contributed by atoms with Crippen molar-refractivity contribution in [2.75, 3.05) is 7.05 Å². The molecule has 0 aliphatic carbocycles. The average molecular weight is 347 g/mol. The molecule has 2 rings (SSSR count). The zero-order valence-electron chi connectivity index (χ0n) is 11.8. The molecule has 1 unspecified atom stereocenters. The Labute approximate surface area is 132 Å². The van der Waals surface area contributed by atoms with Gasteiger partial charge in [-0.3, -0.25) is 0 Å². The maximum Gasteiger partial charge on any atom is 0.244 e. The van der Waals surface area contributed by atoms with E-state index in [0.717, 1.165) is 22.6 Å². The Kier molecular flexibility index (Phi) is 4.79. The van der Waals surface area contributed by atoms with Crippen LogP contribution in [0.3, 0.4) is 0 Å². The second-order valence-corrected chi connectivity index (χ2v) is 7.07. The maximum atomic E-state index is 13.3. The number of halogens is 3. The minimum Gasteiger partial charge on any atom is -0.243 e. The number of nitrogens with zero attached hydrogens (tertiary/aromatic N) is 2. The number of rotatable bonds is 4. The van der Waals surface area contributed by atoms with Gasteiger partial charge in [-0.05, 0) is 36.8 Å². The Hall–Kier alpha value is -1.57. The number of hydrogen-bond donors (Lipinski definition) is 0. The summed E-state index contributed by atoms with van der Waals surface area (Å²) in [6.45, 7) is 1.58. The molecule has 0 spiro atoms.